The van der Waals surface area contributed by atoms with E-state index in [9.17, 15) is 4.79 Å². The van der Waals surface area contributed by atoms with Gasteiger partial charge in [0.05, 0.1) is 11.3 Å². The van der Waals surface area contributed by atoms with Crippen molar-refractivity contribution in [3.63, 3.8) is 0 Å². The molecule has 6 heteroatoms. The number of nitrogens with zero attached hydrogens (tertiary/aromatic N) is 1. The molecule has 2 N–H and O–H groups in total. The number of hydrogen-bond acceptors (Lipinski definition) is 3. The fraction of sp³-hybridized carbons (Fsp3) is 0. The van der Waals surface area contributed by atoms with E-state index in [1.165, 1.54) is 0 Å². The third kappa shape index (κ3) is 3.61. The minimum Gasteiger partial charge on any atom is -0.360 e. The number of halogens is 1. The maximum Gasteiger partial charge on any atom is 0.257 e. The lowest BCUT2D eigenvalue weighted by atomic mass is 10.1. The number of aromatic nitrogens is 2. The highest BCUT2D eigenvalue weighted by atomic mass is 35.5. The van der Waals surface area contributed by atoms with Gasteiger partial charge < -0.3 is 10.3 Å². The number of benzene rings is 3. The van der Waals surface area contributed by atoms with E-state index in [0.717, 1.165) is 38.4 Å². The molecule has 30 heavy (non-hydrogen) atoms. The van der Waals surface area contributed by atoms with E-state index in [4.69, 9.17) is 16.6 Å². The van der Waals surface area contributed by atoms with Gasteiger partial charge in [0.1, 0.15) is 5.01 Å². The summed E-state index contributed by atoms with van der Waals surface area (Å²) in [6.45, 7) is 0. The summed E-state index contributed by atoms with van der Waals surface area (Å²) >= 11 is 7.55. The number of nitrogens with one attached hydrogen (secondary N) is 2. The number of fused-ring (bicyclic) bond motifs is 1. The molecule has 0 unspecified atom stereocenters. The van der Waals surface area contributed by atoms with Gasteiger partial charge in [-0.05, 0) is 30.3 Å². The number of aromatic amines is 1. The summed E-state index contributed by atoms with van der Waals surface area (Å²) in [5.74, 6) is -0.148. The van der Waals surface area contributed by atoms with Crippen molar-refractivity contribution in [2.75, 3.05) is 5.32 Å². The molecule has 0 aliphatic rings. The first kappa shape index (κ1) is 18.6. The van der Waals surface area contributed by atoms with Crippen LogP contribution in [0.1, 0.15) is 10.4 Å². The molecule has 3 aromatic carbocycles. The zero-order valence-corrected chi connectivity index (χ0v) is 17.3. The second-order valence-corrected chi connectivity index (χ2v) is 8.12. The quantitative estimate of drug-likeness (QED) is 0.327. The van der Waals surface area contributed by atoms with Crippen molar-refractivity contribution in [3.8, 4) is 21.8 Å². The van der Waals surface area contributed by atoms with Gasteiger partial charge in [-0.2, -0.15) is 0 Å². The molecular weight excluding hydrogens is 414 g/mol. The summed E-state index contributed by atoms with van der Waals surface area (Å²) in [5, 5.41) is 7.54. The molecule has 0 saturated carbocycles. The van der Waals surface area contributed by atoms with E-state index in [0.29, 0.717) is 10.6 Å². The van der Waals surface area contributed by atoms with Crippen LogP contribution in [-0.4, -0.2) is 15.9 Å². The second-order valence-electron chi connectivity index (χ2n) is 6.83. The molecular formula is C24H16ClN3OS. The van der Waals surface area contributed by atoms with Crippen LogP contribution >= 0.6 is 22.9 Å². The highest BCUT2D eigenvalue weighted by Gasteiger charge is 2.13. The fourth-order valence-electron chi connectivity index (χ4n) is 3.35. The standard InChI is InChI=1S/C24H16ClN3OS/c25-17-10-8-15(9-11-17)24-28-22(14-30-24)16-4-3-5-18(12-16)27-23(29)20-13-26-21-7-2-1-6-19(20)21/h1-14,26H,(H,27,29). The first-order valence-corrected chi connectivity index (χ1v) is 10.6. The van der Waals surface area contributed by atoms with Crippen LogP contribution in [0.25, 0.3) is 32.7 Å². The molecule has 0 bridgehead atoms. The largest absolute Gasteiger partial charge is 0.360 e. The predicted octanol–water partition coefficient (Wildman–Crippen LogP) is 6.86. The highest BCUT2D eigenvalue weighted by molar-refractivity contribution is 7.13. The van der Waals surface area contributed by atoms with Crippen molar-refractivity contribution in [1.29, 1.82) is 0 Å². The van der Waals surface area contributed by atoms with Crippen molar-refractivity contribution >= 4 is 45.4 Å². The maximum atomic E-state index is 12.8. The lowest BCUT2D eigenvalue weighted by molar-refractivity contribution is 0.102. The molecule has 2 heterocycles. The normalized spacial score (nSPS) is 11.0. The van der Waals surface area contributed by atoms with Gasteiger partial charge in [-0.15, -0.1) is 11.3 Å². The summed E-state index contributed by atoms with van der Waals surface area (Å²) in [5.41, 5.74) is 5.13. The molecule has 0 radical (unpaired) electrons. The summed E-state index contributed by atoms with van der Waals surface area (Å²) in [6, 6.07) is 23.1. The Bertz CT molecular complexity index is 1350. The molecule has 0 aliphatic carbocycles. The molecule has 146 valence electrons. The van der Waals surface area contributed by atoms with Crippen LogP contribution in [0.4, 0.5) is 5.69 Å². The Balaban J connectivity index is 1.39. The molecule has 0 aliphatic heterocycles. The number of hydrogen-bond donors (Lipinski definition) is 2. The molecule has 5 rings (SSSR count). The van der Waals surface area contributed by atoms with Crippen molar-refractivity contribution in [2.24, 2.45) is 0 Å². The zero-order valence-electron chi connectivity index (χ0n) is 15.7. The molecule has 0 atom stereocenters. The van der Waals surface area contributed by atoms with Crippen molar-refractivity contribution in [1.82, 2.24) is 9.97 Å². The Labute approximate surface area is 182 Å². The molecule has 0 fully saturated rings. The monoisotopic (exact) mass is 429 g/mol. The van der Waals surface area contributed by atoms with Crippen molar-refractivity contribution in [2.45, 2.75) is 0 Å². The van der Waals surface area contributed by atoms with E-state index in [-0.39, 0.29) is 5.91 Å². The Morgan fingerprint density at radius 1 is 0.967 bits per heavy atom. The summed E-state index contributed by atoms with van der Waals surface area (Å²) in [4.78, 5) is 20.7. The van der Waals surface area contributed by atoms with Crippen LogP contribution in [0.2, 0.25) is 5.02 Å². The fourth-order valence-corrected chi connectivity index (χ4v) is 4.31. The van der Waals surface area contributed by atoms with Crippen LogP contribution in [-0.2, 0) is 0 Å². The molecule has 0 spiro atoms. The van der Waals surface area contributed by atoms with Crippen molar-refractivity contribution < 1.29 is 4.79 Å². The number of thiazole rings is 1. The van der Waals surface area contributed by atoms with Gasteiger partial charge in [0.15, 0.2) is 0 Å². The van der Waals surface area contributed by atoms with Gasteiger partial charge in [0, 0.05) is 44.3 Å². The minimum atomic E-state index is -0.148. The number of anilines is 1. The van der Waals surface area contributed by atoms with Crippen LogP contribution in [0.3, 0.4) is 0 Å². The van der Waals surface area contributed by atoms with E-state index >= 15 is 0 Å². The van der Waals surface area contributed by atoms with Gasteiger partial charge in [-0.3, -0.25) is 4.79 Å². The lowest BCUT2D eigenvalue weighted by Crippen LogP contribution is -2.11. The second kappa shape index (κ2) is 7.78. The van der Waals surface area contributed by atoms with Gasteiger partial charge in [-0.25, -0.2) is 4.98 Å². The highest BCUT2D eigenvalue weighted by Crippen LogP contribution is 2.31. The van der Waals surface area contributed by atoms with Crippen LogP contribution < -0.4 is 5.32 Å². The number of H-pyrrole nitrogens is 1. The average molecular weight is 430 g/mol. The number of carbonyl (C=O) groups is 1. The topological polar surface area (TPSA) is 57.8 Å². The Morgan fingerprint density at radius 3 is 2.67 bits per heavy atom. The number of rotatable bonds is 4. The number of para-hydroxylation sites is 1. The molecule has 5 aromatic rings. The molecule has 4 nitrogen and oxygen atoms in total. The number of amides is 1. The SMILES string of the molecule is O=C(Nc1cccc(-c2csc(-c3ccc(Cl)cc3)n2)c1)c1c[nH]c2ccccc12. The average Bonchev–Trinajstić information content (AvgIpc) is 3.42. The molecule has 0 saturated heterocycles. The summed E-state index contributed by atoms with van der Waals surface area (Å²) in [6.07, 6.45) is 1.74. The van der Waals surface area contributed by atoms with Gasteiger partial charge in [0.25, 0.3) is 5.91 Å². The van der Waals surface area contributed by atoms with E-state index in [1.807, 2.05) is 78.2 Å². The van der Waals surface area contributed by atoms with Crippen LogP contribution in [0.5, 0.6) is 0 Å². The Kier molecular flexibility index (Phi) is 4.83. The van der Waals surface area contributed by atoms with E-state index in [2.05, 4.69) is 10.3 Å². The van der Waals surface area contributed by atoms with Crippen molar-refractivity contribution in [3.05, 3.63) is 95.0 Å². The molecule has 1 amide bonds. The van der Waals surface area contributed by atoms with Gasteiger partial charge in [-0.1, -0.05) is 54.1 Å². The zero-order chi connectivity index (χ0) is 20.5. The molecule has 2 aromatic heterocycles. The van der Waals surface area contributed by atoms with Crippen LogP contribution in [0, 0.1) is 0 Å². The predicted molar refractivity (Wildman–Crippen MR) is 124 cm³/mol. The minimum absolute atomic E-state index is 0.148. The summed E-state index contributed by atoms with van der Waals surface area (Å²) < 4.78 is 0. The van der Waals surface area contributed by atoms with E-state index in [1.54, 1.807) is 17.5 Å². The Hall–Kier alpha value is -3.41. The first-order valence-electron chi connectivity index (χ1n) is 9.37. The smallest absolute Gasteiger partial charge is 0.257 e. The summed E-state index contributed by atoms with van der Waals surface area (Å²) in [7, 11) is 0. The van der Waals surface area contributed by atoms with E-state index < -0.39 is 0 Å². The third-order valence-electron chi connectivity index (χ3n) is 4.85. The third-order valence-corrected chi connectivity index (χ3v) is 5.99. The Morgan fingerprint density at radius 2 is 1.80 bits per heavy atom. The maximum absolute atomic E-state index is 12.8. The van der Waals surface area contributed by atoms with Crippen LogP contribution in [0.15, 0.2) is 84.4 Å². The lowest BCUT2D eigenvalue weighted by Gasteiger charge is -2.06. The first-order chi connectivity index (χ1) is 14.7. The van der Waals surface area contributed by atoms with Gasteiger partial charge >= 0.3 is 0 Å². The number of carbonyl (C=O) groups excluding carboxylic acids is 1. The van der Waals surface area contributed by atoms with Gasteiger partial charge in [0.2, 0.25) is 0 Å².